The molecule has 1 amide bonds. The quantitative estimate of drug-likeness (QED) is 0.735. The molecule has 2 aliphatic rings. The second kappa shape index (κ2) is 6.82. The zero-order chi connectivity index (χ0) is 19.1. The Morgan fingerprint density at radius 2 is 2.26 bits per heavy atom. The van der Waals surface area contributed by atoms with Gasteiger partial charge in [0.05, 0.1) is 24.1 Å². The topological polar surface area (TPSA) is 107 Å². The molecule has 4 N–H and O–H groups in total. The van der Waals surface area contributed by atoms with Gasteiger partial charge in [-0.2, -0.15) is 13.9 Å². The van der Waals surface area contributed by atoms with Crippen LogP contribution in [0.4, 0.5) is 19.0 Å². The number of nitrogens with two attached hydrogens (primary N) is 1. The van der Waals surface area contributed by atoms with E-state index >= 15 is 0 Å². The zero-order valence-corrected chi connectivity index (χ0v) is 14.1. The third-order valence-electron chi connectivity index (χ3n) is 4.69. The number of anilines is 1. The molecule has 0 radical (unpaired) electrons. The van der Waals surface area contributed by atoms with Crippen molar-refractivity contribution in [2.45, 2.75) is 31.6 Å². The van der Waals surface area contributed by atoms with Crippen LogP contribution in [-0.2, 0) is 11.3 Å². The Hall–Kier alpha value is -2.66. The minimum atomic E-state index is -2.83. The van der Waals surface area contributed by atoms with Crippen LogP contribution in [0.25, 0.3) is 11.3 Å². The predicted octanol–water partition coefficient (Wildman–Crippen LogP) is 1.25. The van der Waals surface area contributed by atoms with Crippen LogP contribution in [0.2, 0.25) is 0 Å². The summed E-state index contributed by atoms with van der Waals surface area (Å²) in [6.45, 7) is -2.03. The van der Waals surface area contributed by atoms with Gasteiger partial charge in [0.25, 0.3) is 5.91 Å². The number of nitrogens with one attached hydrogen (secondary N) is 2. The van der Waals surface area contributed by atoms with E-state index in [1.807, 2.05) is 0 Å². The van der Waals surface area contributed by atoms with Crippen LogP contribution in [-0.4, -0.2) is 46.0 Å². The summed E-state index contributed by atoms with van der Waals surface area (Å²) in [5.74, 6) is -1.25. The van der Waals surface area contributed by atoms with Gasteiger partial charge in [-0.3, -0.25) is 4.79 Å². The average Bonchev–Trinajstić information content (AvgIpc) is 3.27. The van der Waals surface area contributed by atoms with Crippen LogP contribution in [0.1, 0.15) is 28.9 Å². The maximum absolute atomic E-state index is 14.9. The van der Waals surface area contributed by atoms with Gasteiger partial charge >= 0.3 is 6.55 Å². The fraction of sp³-hybridized carbons (Fsp3) is 0.438. The Kier molecular flexibility index (Phi) is 4.48. The molecule has 27 heavy (non-hydrogen) atoms. The zero-order valence-electron chi connectivity index (χ0n) is 14.1. The first-order valence-electron chi connectivity index (χ1n) is 8.38. The summed E-state index contributed by atoms with van der Waals surface area (Å²) in [5.41, 5.74) is 6.46. The van der Waals surface area contributed by atoms with Gasteiger partial charge < -0.3 is 21.1 Å². The van der Waals surface area contributed by atoms with E-state index in [1.54, 1.807) is 0 Å². The molecule has 1 saturated heterocycles. The Labute approximate surface area is 151 Å². The van der Waals surface area contributed by atoms with Gasteiger partial charge in [-0.25, -0.2) is 14.1 Å². The number of carbonyl (C=O) groups is 1. The molecule has 0 aromatic carbocycles. The van der Waals surface area contributed by atoms with Crippen LogP contribution in [0, 0.1) is 5.82 Å². The van der Waals surface area contributed by atoms with Gasteiger partial charge in [0.15, 0.2) is 11.6 Å². The third kappa shape index (κ3) is 3.12. The van der Waals surface area contributed by atoms with E-state index in [0.717, 1.165) is 6.20 Å². The van der Waals surface area contributed by atoms with Crippen LogP contribution >= 0.6 is 0 Å². The van der Waals surface area contributed by atoms with Crippen molar-refractivity contribution in [2.24, 2.45) is 5.73 Å². The molecule has 2 aliphatic heterocycles. The molecule has 1 fully saturated rings. The highest BCUT2D eigenvalue weighted by atomic mass is 19.3. The van der Waals surface area contributed by atoms with Gasteiger partial charge in [-0.1, -0.05) is 0 Å². The van der Waals surface area contributed by atoms with Gasteiger partial charge in [0.1, 0.15) is 0 Å². The fourth-order valence-electron chi connectivity index (χ4n) is 3.27. The van der Waals surface area contributed by atoms with E-state index in [2.05, 4.69) is 20.7 Å². The summed E-state index contributed by atoms with van der Waals surface area (Å²) in [6, 6.07) is -0.613. The summed E-state index contributed by atoms with van der Waals surface area (Å²) in [7, 11) is 0. The van der Waals surface area contributed by atoms with Crippen LogP contribution in [0.15, 0.2) is 12.4 Å². The molecule has 0 spiro atoms. The van der Waals surface area contributed by atoms with Crippen molar-refractivity contribution in [2.75, 3.05) is 18.5 Å². The van der Waals surface area contributed by atoms with E-state index in [0.29, 0.717) is 24.3 Å². The lowest BCUT2D eigenvalue weighted by Gasteiger charge is -2.30. The maximum Gasteiger partial charge on any atom is 0.333 e. The van der Waals surface area contributed by atoms with Crippen molar-refractivity contribution in [1.82, 2.24) is 20.1 Å². The highest BCUT2D eigenvalue weighted by molar-refractivity contribution is 6.04. The number of aromatic nitrogens is 3. The lowest BCUT2D eigenvalue weighted by Crippen LogP contribution is -2.48. The Morgan fingerprint density at radius 1 is 1.44 bits per heavy atom. The number of amides is 1. The van der Waals surface area contributed by atoms with Gasteiger partial charge in [0, 0.05) is 42.6 Å². The van der Waals surface area contributed by atoms with Gasteiger partial charge in [0.2, 0.25) is 0 Å². The predicted molar refractivity (Wildman–Crippen MR) is 88.7 cm³/mol. The number of pyridine rings is 1. The number of halogens is 3. The first kappa shape index (κ1) is 17.7. The summed E-state index contributed by atoms with van der Waals surface area (Å²) >= 11 is 0. The maximum atomic E-state index is 14.9. The van der Waals surface area contributed by atoms with E-state index < -0.39 is 18.3 Å². The molecule has 0 saturated carbocycles. The number of alkyl halides is 2. The fourth-order valence-corrected chi connectivity index (χ4v) is 3.27. The molecule has 0 aliphatic carbocycles. The smallest absolute Gasteiger partial charge is 0.333 e. The number of hydrogen-bond acceptors (Lipinski definition) is 6. The lowest BCUT2D eigenvalue weighted by molar-refractivity contribution is 0.0566. The largest absolute Gasteiger partial charge is 0.380 e. The van der Waals surface area contributed by atoms with E-state index in [4.69, 9.17) is 10.5 Å². The molecule has 8 nitrogen and oxygen atoms in total. The number of hydrogen-bond donors (Lipinski definition) is 3. The Balaban J connectivity index is 1.78. The number of rotatable bonds is 4. The molecular formula is C16H17F3N6O2. The molecule has 2 unspecified atom stereocenters. The summed E-state index contributed by atoms with van der Waals surface area (Å²) < 4.78 is 46.3. The monoisotopic (exact) mass is 382 g/mol. The molecule has 0 bridgehead atoms. The Bertz CT molecular complexity index is 887. The van der Waals surface area contributed by atoms with E-state index in [-0.39, 0.29) is 46.8 Å². The number of carbonyl (C=O) groups excluding carboxylic acids is 1. The molecule has 144 valence electrons. The second-order valence-electron chi connectivity index (χ2n) is 6.42. The summed E-state index contributed by atoms with van der Waals surface area (Å²) in [6.07, 6.45) is 2.80. The summed E-state index contributed by atoms with van der Waals surface area (Å²) in [5, 5.41) is 9.08. The van der Waals surface area contributed by atoms with E-state index in [9.17, 15) is 18.0 Å². The van der Waals surface area contributed by atoms with Gasteiger partial charge in [-0.15, -0.1) is 0 Å². The van der Waals surface area contributed by atoms with Crippen molar-refractivity contribution >= 4 is 11.7 Å². The average molecular weight is 382 g/mol. The van der Waals surface area contributed by atoms with Crippen LogP contribution in [0.5, 0.6) is 0 Å². The first-order valence-corrected chi connectivity index (χ1v) is 8.38. The number of fused-ring (bicyclic) bond motifs is 1. The number of ether oxygens (including phenoxy) is 1. The highest BCUT2D eigenvalue weighted by Crippen LogP contribution is 2.33. The molecule has 2 atom stereocenters. The molecule has 4 rings (SSSR count). The standard InChI is InChI=1S/C16H17F3N6O2/c17-12-8-4-21-15(26)11(8)13(7-3-22-25(5-7)16(18)19)24-14(12)23-10-1-2-27-6-9(10)20/h3,5,9-10,16H,1-2,4,6,20H2,(H,21,26)(H,23,24). The molecule has 2 aromatic rings. The second-order valence-corrected chi connectivity index (χ2v) is 6.42. The lowest BCUT2D eigenvalue weighted by atomic mass is 10.0. The first-order chi connectivity index (χ1) is 13.0. The molecule has 11 heteroatoms. The van der Waals surface area contributed by atoms with E-state index in [1.165, 1.54) is 6.20 Å². The van der Waals surface area contributed by atoms with Crippen molar-refractivity contribution in [3.05, 3.63) is 29.3 Å². The van der Waals surface area contributed by atoms with Crippen molar-refractivity contribution in [3.63, 3.8) is 0 Å². The number of nitrogens with zero attached hydrogens (tertiary/aromatic N) is 3. The molecule has 4 heterocycles. The van der Waals surface area contributed by atoms with Crippen molar-refractivity contribution in [3.8, 4) is 11.3 Å². The Morgan fingerprint density at radius 3 is 2.96 bits per heavy atom. The minimum absolute atomic E-state index is 0.00693. The van der Waals surface area contributed by atoms with Crippen LogP contribution < -0.4 is 16.4 Å². The minimum Gasteiger partial charge on any atom is -0.380 e. The highest BCUT2D eigenvalue weighted by Gasteiger charge is 2.32. The van der Waals surface area contributed by atoms with Crippen molar-refractivity contribution in [1.29, 1.82) is 0 Å². The summed E-state index contributed by atoms with van der Waals surface area (Å²) in [4.78, 5) is 16.4. The normalized spacial score (nSPS) is 22.0. The van der Waals surface area contributed by atoms with Gasteiger partial charge in [-0.05, 0) is 6.42 Å². The molecule has 2 aromatic heterocycles. The van der Waals surface area contributed by atoms with Crippen LogP contribution in [0.3, 0.4) is 0 Å². The SMILES string of the molecule is NC1COCCC1Nc1nc(-c2cnn(C(F)F)c2)c2c(c1F)CNC2=O. The molecular weight excluding hydrogens is 365 g/mol. The third-order valence-corrected chi connectivity index (χ3v) is 4.69. The van der Waals surface area contributed by atoms with Crippen molar-refractivity contribution < 1.29 is 22.7 Å².